The molecule has 6 aromatic carbocycles. The van der Waals surface area contributed by atoms with Crippen molar-refractivity contribution in [2.45, 2.75) is 103 Å². The molecule has 488 valence electrons. The van der Waals surface area contributed by atoms with E-state index in [1.165, 1.54) is 0 Å². The van der Waals surface area contributed by atoms with E-state index >= 15 is 0 Å². The molecule has 20 nitrogen and oxygen atoms in total. The minimum Gasteiger partial charge on any atom is -0.494 e. The number of rotatable bonds is 34. The summed E-state index contributed by atoms with van der Waals surface area (Å²) in [6.45, 7) is 12.7. The molecule has 2 fully saturated rings. The zero-order valence-corrected chi connectivity index (χ0v) is 52.2. The lowest BCUT2D eigenvalue weighted by molar-refractivity contribution is -0.145. The van der Waals surface area contributed by atoms with Crippen molar-refractivity contribution in [3.05, 3.63) is 141 Å². The van der Waals surface area contributed by atoms with Gasteiger partial charge in [-0.2, -0.15) is 0 Å². The average molecular weight is 1270 g/mol. The van der Waals surface area contributed by atoms with Crippen molar-refractivity contribution >= 4 is 85.4 Å². The second-order valence-corrected chi connectivity index (χ2v) is 22.8. The fourth-order valence-corrected chi connectivity index (χ4v) is 11.2. The molecule has 2 saturated carbocycles. The number of unbranched alkanes of at least 4 members (excludes halogenated alkanes) is 6. The molecule has 1 aromatic heterocycles. The summed E-state index contributed by atoms with van der Waals surface area (Å²) >= 11 is 0. The molecule has 0 N–H and O–H groups in total. The molecule has 2 aliphatic rings. The van der Waals surface area contributed by atoms with Crippen LogP contribution in [0.3, 0.4) is 0 Å². The van der Waals surface area contributed by atoms with Crippen molar-refractivity contribution in [3.63, 3.8) is 0 Å². The maximum atomic E-state index is 13.9. The number of benzene rings is 6. The molecule has 7 aromatic rings. The first-order valence-electron chi connectivity index (χ1n) is 31.9. The lowest BCUT2D eigenvalue weighted by atomic mass is 9.82. The second kappa shape index (κ2) is 34.7. The molecule has 2 aliphatic carbocycles. The van der Waals surface area contributed by atoms with Gasteiger partial charge in [0.25, 0.3) is 0 Å². The predicted octanol–water partition coefficient (Wildman–Crippen LogP) is 13.2. The Kier molecular flexibility index (Phi) is 25.2. The Labute approximate surface area is 539 Å². The molecule has 0 spiro atoms. The van der Waals surface area contributed by atoms with Crippen LogP contribution >= 0.6 is 0 Å². The summed E-state index contributed by atoms with van der Waals surface area (Å²) in [5.74, 6) is -1.29. The van der Waals surface area contributed by atoms with E-state index in [0.29, 0.717) is 151 Å². The van der Waals surface area contributed by atoms with Gasteiger partial charge in [0.1, 0.15) is 53.5 Å². The van der Waals surface area contributed by atoms with Crippen LogP contribution in [0.2, 0.25) is 0 Å². The quantitative estimate of drug-likeness (QED) is 0.00691. The molecule has 1 heterocycles. The van der Waals surface area contributed by atoms with Gasteiger partial charge in [0, 0.05) is 35.1 Å². The van der Waals surface area contributed by atoms with Gasteiger partial charge in [-0.25, -0.2) is 24.4 Å². The highest BCUT2D eigenvalue weighted by atomic mass is 16.6. The van der Waals surface area contributed by atoms with Gasteiger partial charge in [-0.15, -0.1) is 0 Å². The van der Waals surface area contributed by atoms with Gasteiger partial charge in [-0.3, -0.25) is 19.2 Å². The molecular formula is C73H78N2O18. The van der Waals surface area contributed by atoms with E-state index in [-0.39, 0.29) is 50.2 Å². The van der Waals surface area contributed by atoms with Crippen LogP contribution in [-0.2, 0) is 52.5 Å². The number of aromatic nitrogens is 2. The topological polar surface area (TPSA) is 247 Å². The van der Waals surface area contributed by atoms with Crippen molar-refractivity contribution in [1.29, 1.82) is 0 Å². The molecule has 0 unspecified atom stereocenters. The molecule has 0 bridgehead atoms. The first-order valence-corrected chi connectivity index (χ1v) is 31.9. The van der Waals surface area contributed by atoms with E-state index < -0.39 is 41.7 Å². The van der Waals surface area contributed by atoms with Crippen LogP contribution in [0.4, 0.5) is 0 Å². The van der Waals surface area contributed by atoms with E-state index in [1.807, 2.05) is 12.1 Å². The number of fused-ring (bicyclic) bond motifs is 7. The van der Waals surface area contributed by atoms with E-state index in [1.54, 1.807) is 91.0 Å². The van der Waals surface area contributed by atoms with Crippen LogP contribution < -0.4 is 33.2 Å². The van der Waals surface area contributed by atoms with Crippen molar-refractivity contribution in [1.82, 2.24) is 9.97 Å². The van der Waals surface area contributed by atoms with Crippen LogP contribution in [0.15, 0.2) is 141 Å². The SMILES string of the molecule is C=CC(=O)OCCCCCCOc1ccc(OC(=O)C2CCC(C(=O)Oc3ccc4c5ccc(OC(=O)C6CCC(C(=O)Oc7ccc(OCCCCCCOC(=O)C=C)cc7)CC6)cc5c5nc6cc(OCCOCCOC(=O)C=C)ccc6nc5c4c3)CC2)cc1. The maximum Gasteiger partial charge on any atom is 0.330 e. The van der Waals surface area contributed by atoms with E-state index in [2.05, 4.69) is 19.7 Å². The molecule has 0 atom stereocenters. The molecule has 0 radical (unpaired) electrons. The van der Waals surface area contributed by atoms with Crippen molar-refractivity contribution < 1.29 is 85.7 Å². The molecule has 93 heavy (non-hydrogen) atoms. The maximum absolute atomic E-state index is 13.9. The minimum atomic E-state index is -0.532. The predicted molar refractivity (Wildman–Crippen MR) is 346 cm³/mol. The molecule has 0 aliphatic heterocycles. The van der Waals surface area contributed by atoms with Gasteiger partial charge in [0.2, 0.25) is 0 Å². The monoisotopic (exact) mass is 1270 g/mol. The number of ether oxygens (including phenoxy) is 11. The Morgan fingerprint density at radius 3 is 1.09 bits per heavy atom. The summed E-state index contributed by atoms with van der Waals surface area (Å²) < 4.78 is 61.9. The van der Waals surface area contributed by atoms with Crippen molar-refractivity contribution in [2.75, 3.05) is 52.9 Å². The summed E-state index contributed by atoms with van der Waals surface area (Å²) in [5, 5.41) is 2.90. The Morgan fingerprint density at radius 2 is 0.667 bits per heavy atom. The van der Waals surface area contributed by atoms with Crippen molar-refractivity contribution in [3.8, 4) is 40.2 Å². The van der Waals surface area contributed by atoms with Gasteiger partial charge in [0.05, 0.1) is 85.4 Å². The number of carbonyl (C=O) groups is 7. The van der Waals surface area contributed by atoms with Gasteiger partial charge < -0.3 is 52.1 Å². The number of carbonyl (C=O) groups excluding carboxylic acids is 7. The molecule has 0 saturated heterocycles. The minimum absolute atomic E-state index is 0.0798. The van der Waals surface area contributed by atoms with Crippen LogP contribution in [0.1, 0.15) is 103 Å². The number of esters is 7. The summed E-state index contributed by atoms with van der Waals surface area (Å²) in [6.07, 6.45) is 13.8. The summed E-state index contributed by atoms with van der Waals surface area (Å²) in [6, 6.07) is 30.0. The highest BCUT2D eigenvalue weighted by Crippen LogP contribution is 2.40. The Bertz CT molecular complexity index is 3770. The van der Waals surface area contributed by atoms with Crippen LogP contribution in [0.25, 0.3) is 43.6 Å². The largest absolute Gasteiger partial charge is 0.494 e. The normalized spacial score (nSPS) is 16.1. The summed E-state index contributed by atoms with van der Waals surface area (Å²) in [4.78, 5) is 98.4. The molecular weight excluding hydrogens is 1190 g/mol. The summed E-state index contributed by atoms with van der Waals surface area (Å²) in [7, 11) is 0. The zero-order chi connectivity index (χ0) is 65.3. The van der Waals surface area contributed by atoms with Crippen LogP contribution in [0.5, 0.6) is 40.2 Å². The first-order chi connectivity index (χ1) is 45.3. The lowest BCUT2D eigenvalue weighted by Gasteiger charge is -2.26. The fourth-order valence-electron chi connectivity index (χ4n) is 11.2. The van der Waals surface area contributed by atoms with Gasteiger partial charge in [-0.05, 0) is 211 Å². The average Bonchev–Trinajstić information content (AvgIpc) is 0.734. The highest BCUT2D eigenvalue weighted by molar-refractivity contribution is 6.24. The Morgan fingerprint density at radius 1 is 0.333 bits per heavy atom. The number of hydrogen-bond acceptors (Lipinski definition) is 20. The third-order valence-electron chi connectivity index (χ3n) is 16.3. The Balaban J connectivity index is 0.808. The number of nitrogens with zero attached hydrogens (tertiary/aromatic N) is 2. The highest BCUT2D eigenvalue weighted by Gasteiger charge is 2.34. The van der Waals surface area contributed by atoms with Crippen molar-refractivity contribution in [2.24, 2.45) is 23.7 Å². The fraction of sp³-hybridized carbons (Fsp3) is 0.384. The third kappa shape index (κ3) is 19.9. The van der Waals surface area contributed by atoms with E-state index in [0.717, 1.165) is 80.4 Å². The number of hydrogen-bond donors (Lipinski definition) is 0. The molecule has 0 amide bonds. The first kappa shape index (κ1) is 67.7. The molecule has 20 heteroatoms. The summed E-state index contributed by atoms with van der Waals surface area (Å²) in [5.41, 5.74) is 2.10. The third-order valence-corrected chi connectivity index (χ3v) is 16.3. The van der Waals surface area contributed by atoms with Gasteiger partial charge in [0.15, 0.2) is 0 Å². The standard InChI is InChI=1S/C73H78N2O18/c1-4-65(76)87-39-13-9-7-11-37-84-52-23-27-54(28-24-52)90-70(79)48-15-19-50(20-16-48)72(81)92-57-31-34-59-60-35-32-58(46-62(60)69-68(61(59)45-57)74-63-36-33-56(47-64(63)75-69)86-43-41-83-42-44-89-67(78)6-3)93-73(82)51-21-17-49(18-22-51)71(80)91-55-29-25-53(26-30-55)85-38-12-8-10-14-40-88-66(77)5-2/h4-6,23-36,45-51H,1-3,7-22,37-44H2. The van der Waals surface area contributed by atoms with Crippen LogP contribution in [0, 0.1) is 23.7 Å². The molecule has 9 rings (SSSR count). The van der Waals surface area contributed by atoms with Gasteiger partial charge in [-0.1, -0.05) is 19.7 Å². The lowest BCUT2D eigenvalue weighted by Crippen LogP contribution is -2.30. The van der Waals surface area contributed by atoms with E-state index in [9.17, 15) is 33.6 Å². The Hall–Kier alpha value is -9.69. The smallest absolute Gasteiger partial charge is 0.330 e. The van der Waals surface area contributed by atoms with Crippen LogP contribution in [-0.4, -0.2) is 105 Å². The van der Waals surface area contributed by atoms with Gasteiger partial charge >= 0.3 is 41.8 Å². The zero-order valence-electron chi connectivity index (χ0n) is 52.2. The second-order valence-electron chi connectivity index (χ2n) is 22.8. The van der Waals surface area contributed by atoms with E-state index in [4.69, 9.17) is 62.1 Å².